The molecular formula is C13H25NO. The molecule has 2 fully saturated rings. The number of rotatable bonds is 1. The zero-order valence-corrected chi connectivity index (χ0v) is 10.8. The minimum absolute atomic E-state index is 0.0453. The molecule has 2 nitrogen and oxygen atoms in total. The van der Waals surface area contributed by atoms with Gasteiger partial charge in [0.25, 0.3) is 0 Å². The molecule has 0 radical (unpaired) electrons. The van der Waals surface area contributed by atoms with Crippen molar-refractivity contribution in [3.8, 4) is 0 Å². The Balaban J connectivity index is 2.23. The maximum atomic E-state index is 6.10. The Labute approximate surface area is 93.9 Å². The van der Waals surface area contributed by atoms with E-state index in [0.29, 0.717) is 6.04 Å². The Morgan fingerprint density at radius 2 is 1.93 bits per heavy atom. The van der Waals surface area contributed by atoms with Crippen LogP contribution in [-0.4, -0.2) is 23.3 Å². The van der Waals surface area contributed by atoms with Crippen molar-refractivity contribution in [3.63, 3.8) is 0 Å². The fourth-order valence-electron chi connectivity index (χ4n) is 3.73. The highest BCUT2D eigenvalue weighted by Gasteiger charge is 2.52. The normalized spacial score (nSPS) is 45.4. The van der Waals surface area contributed by atoms with Gasteiger partial charge < -0.3 is 0 Å². The summed E-state index contributed by atoms with van der Waals surface area (Å²) >= 11 is 0. The molecule has 0 spiro atoms. The monoisotopic (exact) mass is 211 g/mol. The van der Waals surface area contributed by atoms with Crippen LogP contribution in [0.1, 0.15) is 47.5 Å². The molecule has 1 saturated heterocycles. The van der Waals surface area contributed by atoms with Crippen molar-refractivity contribution < 1.29 is 4.84 Å². The van der Waals surface area contributed by atoms with Crippen LogP contribution >= 0.6 is 0 Å². The van der Waals surface area contributed by atoms with Gasteiger partial charge in [0, 0.05) is 18.5 Å². The lowest BCUT2D eigenvalue weighted by molar-refractivity contribution is -0.195. The molecule has 15 heavy (non-hydrogen) atoms. The third kappa shape index (κ3) is 1.83. The molecule has 4 unspecified atom stereocenters. The summed E-state index contributed by atoms with van der Waals surface area (Å²) in [5.41, 5.74) is 0.0453. The largest absolute Gasteiger partial charge is 0.292 e. The van der Waals surface area contributed by atoms with E-state index < -0.39 is 0 Å². The van der Waals surface area contributed by atoms with E-state index in [0.717, 1.165) is 24.3 Å². The van der Waals surface area contributed by atoms with Gasteiger partial charge in [0.05, 0.1) is 5.60 Å². The van der Waals surface area contributed by atoms with Crippen molar-refractivity contribution in [2.75, 3.05) is 6.54 Å². The van der Waals surface area contributed by atoms with Crippen molar-refractivity contribution in [1.29, 1.82) is 0 Å². The van der Waals surface area contributed by atoms with E-state index >= 15 is 0 Å². The highest BCUT2D eigenvalue weighted by molar-refractivity contribution is 4.99. The zero-order valence-electron chi connectivity index (χ0n) is 10.8. The SMILES string of the molecule is CCN1OC(C)(C)C2CC(C)CC(C)C21. The van der Waals surface area contributed by atoms with Crippen molar-refractivity contribution in [2.24, 2.45) is 17.8 Å². The van der Waals surface area contributed by atoms with E-state index in [1.54, 1.807) is 0 Å². The van der Waals surface area contributed by atoms with Gasteiger partial charge in [-0.1, -0.05) is 20.8 Å². The number of hydrogen-bond acceptors (Lipinski definition) is 2. The maximum absolute atomic E-state index is 6.10. The summed E-state index contributed by atoms with van der Waals surface area (Å²) in [4.78, 5) is 6.10. The van der Waals surface area contributed by atoms with Gasteiger partial charge in [-0.3, -0.25) is 4.84 Å². The predicted octanol–water partition coefficient (Wildman–Crippen LogP) is 3.08. The van der Waals surface area contributed by atoms with Crippen molar-refractivity contribution in [3.05, 3.63) is 0 Å². The Morgan fingerprint density at radius 3 is 2.53 bits per heavy atom. The van der Waals surface area contributed by atoms with Crippen LogP contribution in [-0.2, 0) is 4.84 Å². The second kappa shape index (κ2) is 3.74. The topological polar surface area (TPSA) is 12.5 Å². The molecular weight excluding hydrogens is 186 g/mol. The first-order valence-electron chi connectivity index (χ1n) is 6.41. The average Bonchev–Trinajstić information content (AvgIpc) is 2.38. The van der Waals surface area contributed by atoms with Crippen LogP contribution in [0.2, 0.25) is 0 Å². The molecule has 0 bridgehead atoms. The molecule has 1 saturated carbocycles. The second-order valence-electron chi connectivity index (χ2n) is 6.08. The Hall–Kier alpha value is -0.0800. The molecule has 1 heterocycles. The van der Waals surface area contributed by atoms with Crippen LogP contribution in [0.5, 0.6) is 0 Å². The minimum atomic E-state index is 0.0453. The van der Waals surface area contributed by atoms with Gasteiger partial charge in [-0.05, 0) is 38.5 Å². The van der Waals surface area contributed by atoms with Crippen LogP contribution in [0.25, 0.3) is 0 Å². The van der Waals surface area contributed by atoms with Crippen LogP contribution in [0, 0.1) is 17.8 Å². The van der Waals surface area contributed by atoms with Gasteiger partial charge in [0.1, 0.15) is 0 Å². The van der Waals surface area contributed by atoms with Crippen LogP contribution in [0.4, 0.5) is 0 Å². The Kier molecular flexibility index (Phi) is 2.85. The summed E-state index contributed by atoms with van der Waals surface area (Å²) in [7, 11) is 0. The van der Waals surface area contributed by atoms with E-state index in [1.165, 1.54) is 12.8 Å². The number of hydroxylamine groups is 2. The average molecular weight is 211 g/mol. The van der Waals surface area contributed by atoms with Crippen LogP contribution < -0.4 is 0 Å². The summed E-state index contributed by atoms with van der Waals surface area (Å²) < 4.78 is 0. The lowest BCUT2D eigenvalue weighted by Crippen LogP contribution is -2.43. The second-order valence-corrected chi connectivity index (χ2v) is 6.08. The number of hydrogen-bond donors (Lipinski definition) is 0. The third-order valence-corrected chi connectivity index (χ3v) is 4.32. The van der Waals surface area contributed by atoms with Gasteiger partial charge in [0.15, 0.2) is 0 Å². The molecule has 1 aliphatic heterocycles. The standard InChI is InChI=1S/C13H25NO/c1-6-14-12-10(3)7-9(2)8-11(12)13(4,5)15-14/h9-12H,6-8H2,1-5H3. The van der Waals surface area contributed by atoms with E-state index in [2.05, 4.69) is 39.7 Å². The summed E-state index contributed by atoms with van der Waals surface area (Å²) in [5.74, 6) is 2.36. The molecule has 88 valence electrons. The van der Waals surface area contributed by atoms with Gasteiger partial charge >= 0.3 is 0 Å². The van der Waals surface area contributed by atoms with Gasteiger partial charge in [-0.2, -0.15) is 5.06 Å². The van der Waals surface area contributed by atoms with Crippen LogP contribution in [0.3, 0.4) is 0 Å². The highest BCUT2D eigenvalue weighted by atomic mass is 16.7. The first-order valence-corrected chi connectivity index (χ1v) is 6.41. The Bertz CT molecular complexity index is 239. The fraction of sp³-hybridized carbons (Fsp3) is 1.00. The van der Waals surface area contributed by atoms with E-state index in [4.69, 9.17) is 4.84 Å². The summed E-state index contributed by atoms with van der Waals surface area (Å²) in [6.45, 7) is 12.5. The first-order chi connectivity index (χ1) is 6.95. The van der Waals surface area contributed by atoms with E-state index in [9.17, 15) is 0 Å². The van der Waals surface area contributed by atoms with Gasteiger partial charge in [-0.15, -0.1) is 0 Å². The molecule has 0 N–H and O–H groups in total. The van der Waals surface area contributed by atoms with E-state index in [-0.39, 0.29) is 5.60 Å². The van der Waals surface area contributed by atoms with Gasteiger partial charge in [0.2, 0.25) is 0 Å². The van der Waals surface area contributed by atoms with E-state index in [1.807, 2.05) is 0 Å². The maximum Gasteiger partial charge on any atom is 0.0887 e. The minimum Gasteiger partial charge on any atom is -0.292 e. The van der Waals surface area contributed by atoms with Crippen molar-refractivity contribution in [2.45, 2.75) is 59.1 Å². The summed E-state index contributed by atoms with van der Waals surface area (Å²) in [5, 5.41) is 2.24. The lowest BCUT2D eigenvalue weighted by atomic mass is 9.68. The van der Waals surface area contributed by atoms with Gasteiger partial charge in [-0.25, -0.2) is 0 Å². The van der Waals surface area contributed by atoms with Crippen LogP contribution in [0.15, 0.2) is 0 Å². The van der Waals surface area contributed by atoms with Crippen molar-refractivity contribution >= 4 is 0 Å². The van der Waals surface area contributed by atoms with Crippen molar-refractivity contribution in [1.82, 2.24) is 5.06 Å². The quantitative estimate of drug-likeness (QED) is 0.661. The molecule has 2 heteroatoms. The Morgan fingerprint density at radius 1 is 1.27 bits per heavy atom. The molecule has 4 atom stereocenters. The third-order valence-electron chi connectivity index (χ3n) is 4.32. The zero-order chi connectivity index (χ0) is 11.2. The lowest BCUT2D eigenvalue weighted by Gasteiger charge is -2.39. The molecule has 0 aromatic heterocycles. The number of fused-ring (bicyclic) bond motifs is 1. The fourth-order valence-corrected chi connectivity index (χ4v) is 3.73. The molecule has 0 amide bonds. The highest BCUT2D eigenvalue weighted by Crippen LogP contribution is 2.47. The first kappa shape index (κ1) is 11.4. The number of nitrogens with zero attached hydrogens (tertiary/aromatic N) is 1. The summed E-state index contributed by atoms with van der Waals surface area (Å²) in [6, 6.07) is 0.654. The molecule has 0 aromatic rings. The molecule has 1 aliphatic carbocycles. The molecule has 2 rings (SSSR count). The predicted molar refractivity (Wildman–Crippen MR) is 62.4 cm³/mol. The molecule has 0 aromatic carbocycles. The summed E-state index contributed by atoms with van der Waals surface area (Å²) in [6.07, 6.45) is 2.69. The smallest absolute Gasteiger partial charge is 0.0887 e. The molecule has 2 aliphatic rings.